The largest absolute Gasteiger partial charge is 0.508 e. The first-order valence-electron chi connectivity index (χ1n) is 8.66. The maximum atomic E-state index is 13.9. The number of nitrogens with zero attached hydrogens (tertiary/aromatic N) is 3. The third kappa shape index (κ3) is 3.12. The van der Waals surface area contributed by atoms with Crippen LogP contribution in [0.5, 0.6) is 5.75 Å². The maximum Gasteiger partial charge on any atom is 0.431 e. The standard InChI is InChI=1S/C20H15F3N4O2/c21-20(22,23)17-16-15(11-6-8-13(28)9-7-11)14(10-24)18(25)29-19(16)27(26-17)12-4-2-1-3-5-12/h1-9,15-16,19,28H,25H2/t15-,16+,19-/m1/s1. The summed E-state index contributed by atoms with van der Waals surface area (Å²) in [5.74, 6) is -2.64. The lowest BCUT2D eigenvalue weighted by Gasteiger charge is -2.37. The van der Waals surface area contributed by atoms with Crippen LogP contribution in [0.2, 0.25) is 0 Å². The second-order valence-electron chi connectivity index (χ2n) is 6.66. The monoisotopic (exact) mass is 400 g/mol. The molecule has 0 spiro atoms. The molecule has 6 nitrogen and oxygen atoms in total. The van der Waals surface area contributed by atoms with Gasteiger partial charge in [0.25, 0.3) is 0 Å². The van der Waals surface area contributed by atoms with Crippen molar-refractivity contribution in [2.24, 2.45) is 16.8 Å². The minimum absolute atomic E-state index is 0.0464. The van der Waals surface area contributed by atoms with E-state index in [1.807, 2.05) is 6.07 Å². The van der Waals surface area contributed by atoms with Crippen LogP contribution in [0.25, 0.3) is 0 Å². The molecule has 0 radical (unpaired) electrons. The number of aromatic hydroxyl groups is 1. The van der Waals surface area contributed by atoms with E-state index in [9.17, 15) is 23.5 Å². The number of ether oxygens (including phenoxy) is 1. The van der Waals surface area contributed by atoms with Crippen LogP contribution in [0.3, 0.4) is 0 Å². The van der Waals surface area contributed by atoms with Crippen molar-refractivity contribution in [3.05, 3.63) is 71.6 Å². The second-order valence-corrected chi connectivity index (χ2v) is 6.66. The Labute approximate surface area is 163 Å². The highest BCUT2D eigenvalue weighted by molar-refractivity contribution is 5.96. The van der Waals surface area contributed by atoms with E-state index in [1.165, 1.54) is 24.3 Å². The number of fused-ring (bicyclic) bond motifs is 1. The van der Waals surface area contributed by atoms with Crippen molar-refractivity contribution in [1.82, 2.24) is 0 Å². The Kier molecular flexibility index (Phi) is 4.34. The summed E-state index contributed by atoms with van der Waals surface area (Å²) >= 11 is 0. The topological polar surface area (TPSA) is 94.9 Å². The normalized spacial score (nSPS) is 23.9. The number of nitriles is 1. The number of allylic oxidation sites excluding steroid dienone is 1. The van der Waals surface area contributed by atoms with E-state index in [0.29, 0.717) is 11.3 Å². The molecule has 29 heavy (non-hydrogen) atoms. The number of hydrogen-bond acceptors (Lipinski definition) is 6. The van der Waals surface area contributed by atoms with Gasteiger partial charge in [-0.2, -0.15) is 23.5 Å². The smallest absolute Gasteiger partial charge is 0.431 e. The van der Waals surface area contributed by atoms with Crippen LogP contribution >= 0.6 is 0 Å². The van der Waals surface area contributed by atoms with E-state index in [0.717, 1.165) is 5.01 Å². The number of benzene rings is 2. The summed E-state index contributed by atoms with van der Waals surface area (Å²) in [6.45, 7) is 0. The summed E-state index contributed by atoms with van der Waals surface area (Å²) in [5, 5.41) is 24.1. The number of phenolic OH excluding ortho intramolecular Hbond substituents is 1. The van der Waals surface area contributed by atoms with Gasteiger partial charge in [0.15, 0.2) is 5.71 Å². The van der Waals surface area contributed by atoms with Crippen molar-refractivity contribution in [2.75, 3.05) is 5.01 Å². The number of para-hydroxylation sites is 1. The molecule has 0 unspecified atom stereocenters. The molecule has 2 heterocycles. The first-order valence-corrected chi connectivity index (χ1v) is 8.66. The zero-order valence-corrected chi connectivity index (χ0v) is 14.8. The molecular formula is C20H15F3N4O2. The average molecular weight is 400 g/mol. The van der Waals surface area contributed by atoms with Crippen molar-refractivity contribution in [3.8, 4) is 11.8 Å². The molecule has 2 aliphatic heterocycles. The minimum Gasteiger partial charge on any atom is -0.508 e. The van der Waals surface area contributed by atoms with Crippen molar-refractivity contribution < 1.29 is 23.0 Å². The van der Waals surface area contributed by atoms with Crippen LogP contribution < -0.4 is 10.7 Å². The van der Waals surface area contributed by atoms with Crippen LogP contribution in [0, 0.1) is 17.2 Å². The Bertz CT molecular complexity index is 1030. The van der Waals surface area contributed by atoms with Crippen molar-refractivity contribution in [1.29, 1.82) is 5.26 Å². The number of alkyl halides is 3. The molecule has 0 saturated heterocycles. The van der Waals surface area contributed by atoms with Crippen LogP contribution in [-0.4, -0.2) is 23.2 Å². The van der Waals surface area contributed by atoms with E-state index in [-0.39, 0.29) is 17.2 Å². The molecule has 3 N–H and O–H groups in total. The quantitative estimate of drug-likeness (QED) is 0.804. The van der Waals surface area contributed by atoms with Crippen molar-refractivity contribution in [3.63, 3.8) is 0 Å². The van der Waals surface area contributed by atoms with E-state index in [1.54, 1.807) is 30.3 Å². The van der Waals surface area contributed by atoms with E-state index in [4.69, 9.17) is 10.5 Å². The van der Waals surface area contributed by atoms with Crippen LogP contribution in [0.15, 0.2) is 71.2 Å². The molecule has 3 atom stereocenters. The predicted molar refractivity (Wildman–Crippen MR) is 98.4 cm³/mol. The number of hydrogen-bond donors (Lipinski definition) is 2. The van der Waals surface area contributed by atoms with Crippen LogP contribution in [0.4, 0.5) is 18.9 Å². The van der Waals surface area contributed by atoms with Gasteiger partial charge in [0.2, 0.25) is 12.1 Å². The molecule has 0 bridgehead atoms. The van der Waals surface area contributed by atoms with Gasteiger partial charge in [0.1, 0.15) is 11.8 Å². The maximum absolute atomic E-state index is 13.9. The van der Waals surface area contributed by atoms with Gasteiger partial charge >= 0.3 is 6.18 Å². The third-order valence-electron chi connectivity index (χ3n) is 4.95. The Balaban J connectivity index is 1.90. The highest BCUT2D eigenvalue weighted by atomic mass is 19.4. The number of phenols is 1. The summed E-state index contributed by atoms with van der Waals surface area (Å²) in [6.07, 6.45) is -5.91. The predicted octanol–water partition coefficient (Wildman–Crippen LogP) is 3.58. The second kappa shape index (κ2) is 6.74. The van der Waals surface area contributed by atoms with Gasteiger partial charge < -0.3 is 15.6 Å². The molecule has 0 aromatic heterocycles. The van der Waals surface area contributed by atoms with Crippen molar-refractivity contribution >= 4 is 11.4 Å². The highest BCUT2D eigenvalue weighted by Gasteiger charge is 2.57. The van der Waals surface area contributed by atoms with Gasteiger partial charge in [-0.05, 0) is 29.8 Å². The lowest BCUT2D eigenvalue weighted by atomic mass is 9.76. The summed E-state index contributed by atoms with van der Waals surface area (Å²) in [7, 11) is 0. The Hall–Kier alpha value is -3.67. The number of rotatable bonds is 2. The van der Waals surface area contributed by atoms with Gasteiger partial charge in [0, 0.05) is 5.92 Å². The number of halogens is 3. The first-order chi connectivity index (χ1) is 13.8. The molecular weight excluding hydrogens is 385 g/mol. The minimum atomic E-state index is -4.74. The number of anilines is 1. The SMILES string of the molecule is N#CC1=C(N)O[C@@H]2[C@H](C(C(F)(F)F)=NN2c2ccccc2)[C@@H]1c1ccc(O)cc1. The van der Waals surface area contributed by atoms with Gasteiger partial charge in [-0.15, -0.1) is 0 Å². The molecule has 2 aromatic rings. The number of nitrogens with two attached hydrogens (primary N) is 1. The summed E-state index contributed by atoms with van der Waals surface area (Å²) in [6, 6.07) is 15.8. The molecule has 148 valence electrons. The first kappa shape index (κ1) is 18.7. The molecule has 2 aromatic carbocycles. The average Bonchev–Trinajstić information content (AvgIpc) is 3.08. The molecule has 0 aliphatic carbocycles. The summed E-state index contributed by atoms with van der Waals surface area (Å²) in [4.78, 5) is 0. The number of hydrazone groups is 1. The zero-order chi connectivity index (χ0) is 20.8. The molecule has 0 saturated carbocycles. The van der Waals surface area contributed by atoms with Gasteiger partial charge in [-0.3, -0.25) is 0 Å². The lowest BCUT2D eigenvalue weighted by Crippen LogP contribution is -2.46. The van der Waals surface area contributed by atoms with Gasteiger partial charge in [-0.25, -0.2) is 5.01 Å². The summed E-state index contributed by atoms with van der Waals surface area (Å²) in [5.41, 5.74) is 5.56. The van der Waals surface area contributed by atoms with Crippen LogP contribution in [0.1, 0.15) is 11.5 Å². The molecule has 0 fully saturated rings. The Morgan fingerprint density at radius 2 is 1.76 bits per heavy atom. The molecule has 4 rings (SSSR count). The third-order valence-corrected chi connectivity index (χ3v) is 4.95. The van der Waals surface area contributed by atoms with Gasteiger partial charge in [-0.1, -0.05) is 30.3 Å². The van der Waals surface area contributed by atoms with E-state index in [2.05, 4.69) is 5.10 Å². The summed E-state index contributed by atoms with van der Waals surface area (Å²) < 4.78 is 47.3. The Morgan fingerprint density at radius 1 is 1.10 bits per heavy atom. The zero-order valence-electron chi connectivity index (χ0n) is 14.8. The van der Waals surface area contributed by atoms with E-state index >= 15 is 0 Å². The highest BCUT2D eigenvalue weighted by Crippen LogP contribution is 2.48. The fourth-order valence-electron chi connectivity index (χ4n) is 3.71. The molecule has 2 aliphatic rings. The van der Waals surface area contributed by atoms with Crippen LogP contribution in [-0.2, 0) is 4.74 Å². The molecule has 0 amide bonds. The molecule has 9 heteroatoms. The fraction of sp³-hybridized carbons (Fsp3) is 0.200. The van der Waals surface area contributed by atoms with E-state index < -0.39 is 30.0 Å². The van der Waals surface area contributed by atoms with Crippen molar-refractivity contribution in [2.45, 2.75) is 18.3 Å². The lowest BCUT2D eigenvalue weighted by molar-refractivity contribution is -0.0658. The fourth-order valence-corrected chi connectivity index (χ4v) is 3.71. The van der Waals surface area contributed by atoms with Gasteiger partial charge in [0.05, 0.1) is 17.2 Å². The Morgan fingerprint density at radius 3 is 2.34 bits per heavy atom.